The topological polar surface area (TPSA) is 38.7 Å². The molecule has 0 radical (unpaired) electrons. The first-order valence-electron chi connectivity index (χ1n) is 7.11. The van der Waals surface area contributed by atoms with Crippen molar-refractivity contribution >= 4 is 25.0 Å². The second-order valence-corrected chi connectivity index (χ2v) is 7.06. The number of thioether (sulfide) groups is 1. The Bertz CT molecular complexity index is 524. The summed E-state index contributed by atoms with van der Waals surface area (Å²) in [6.07, 6.45) is 4.01. The van der Waals surface area contributed by atoms with E-state index in [1.807, 2.05) is 58.2 Å². The third-order valence-electron chi connectivity index (χ3n) is 4.22. The lowest BCUT2D eigenvalue weighted by atomic mass is 9.77. The minimum Gasteiger partial charge on any atom is -0.400 e. The second-order valence-electron chi connectivity index (χ2n) is 6.21. The number of hydrogen-bond acceptors (Lipinski definition) is 4. The van der Waals surface area contributed by atoms with Gasteiger partial charge in [0.15, 0.2) is 0 Å². The predicted molar refractivity (Wildman–Crippen MR) is 89.4 cm³/mol. The fourth-order valence-corrected chi connectivity index (χ4v) is 2.75. The van der Waals surface area contributed by atoms with E-state index < -0.39 is 18.3 Å². The maximum absolute atomic E-state index is 9.72. The van der Waals surface area contributed by atoms with Crippen LogP contribution in [0.2, 0.25) is 0 Å². The molecule has 1 saturated heterocycles. The van der Waals surface area contributed by atoms with E-state index in [1.54, 1.807) is 11.8 Å². The van der Waals surface area contributed by atoms with Gasteiger partial charge in [0.1, 0.15) is 0 Å². The Morgan fingerprint density at radius 1 is 1.19 bits per heavy atom. The molecule has 3 nitrogen and oxygen atoms in total. The first-order valence-corrected chi connectivity index (χ1v) is 8.33. The zero-order chi connectivity index (χ0) is 15.7. The van der Waals surface area contributed by atoms with Crippen LogP contribution in [0, 0.1) is 0 Å². The maximum atomic E-state index is 9.72. The summed E-state index contributed by atoms with van der Waals surface area (Å²) < 4.78 is 12.0. The van der Waals surface area contributed by atoms with Crippen LogP contribution >= 0.6 is 11.8 Å². The Morgan fingerprint density at radius 2 is 1.76 bits per heavy atom. The minimum atomic E-state index is -0.505. The highest BCUT2D eigenvalue weighted by Crippen LogP contribution is 2.39. The Morgan fingerprint density at radius 3 is 2.29 bits per heavy atom. The van der Waals surface area contributed by atoms with Crippen LogP contribution < -0.4 is 0 Å². The quantitative estimate of drug-likeness (QED) is 0.683. The molecule has 0 aliphatic carbocycles. The standard InChI is InChI=1S/C16H23BO3S/c1-15(2)16(3,4)20-17(19-15)13(11-18)10-12-8-6-7-9-14(12)21-5/h6-10,18H,11H2,1-5H3. The lowest BCUT2D eigenvalue weighted by Gasteiger charge is -2.32. The molecule has 1 aromatic carbocycles. The van der Waals surface area contributed by atoms with Gasteiger partial charge in [-0.15, -0.1) is 11.8 Å². The van der Waals surface area contributed by atoms with Crippen LogP contribution in [0.4, 0.5) is 0 Å². The largest absolute Gasteiger partial charge is 0.492 e. The molecule has 1 fully saturated rings. The molecular formula is C16H23BO3S. The average Bonchev–Trinajstić information content (AvgIpc) is 2.65. The van der Waals surface area contributed by atoms with Crippen LogP contribution in [0.3, 0.4) is 0 Å². The third kappa shape index (κ3) is 3.37. The molecule has 0 spiro atoms. The number of hydrogen-bond donors (Lipinski definition) is 1. The van der Waals surface area contributed by atoms with Gasteiger partial charge in [0.05, 0.1) is 17.8 Å². The van der Waals surface area contributed by atoms with Crippen molar-refractivity contribution in [1.29, 1.82) is 0 Å². The Hall–Kier alpha value is -0.745. The summed E-state index contributed by atoms with van der Waals surface area (Å²) in [5.41, 5.74) is 1.02. The Labute approximate surface area is 131 Å². The molecular weight excluding hydrogens is 283 g/mol. The van der Waals surface area contributed by atoms with E-state index in [2.05, 4.69) is 6.07 Å². The van der Waals surface area contributed by atoms with E-state index in [-0.39, 0.29) is 6.61 Å². The van der Waals surface area contributed by atoms with Gasteiger partial charge in [0, 0.05) is 4.90 Å². The van der Waals surface area contributed by atoms with Crippen molar-refractivity contribution < 1.29 is 14.4 Å². The lowest BCUT2D eigenvalue weighted by molar-refractivity contribution is 0.00578. The van der Waals surface area contributed by atoms with E-state index in [9.17, 15) is 5.11 Å². The molecule has 21 heavy (non-hydrogen) atoms. The van der Waals surface area contributed by atoms with Crippen LogP contribution in [0.25, 0.3) is 6.08 Å². The van der Waals surface area contributed by atoms with Gasteiger partial charge in [0.2, 0.25) is 0 Å². The average molecular weight is 306 g/mol. The van der Waals surface area contributed by atoms with Crippen molar-refractivity contribution in [2.24, 2.45) is 0 Å². The lowest BCUT2D eigenvalue weighted by Crippen LogP contribution is -2.41. The van der Waals surface area contributed by atoms with E-state index in [4.69, 9.17) is 9.31 Å². The summed E-state index contributed by atoms with van der Waals surface area (Å²) in [6.45, 7) is 7.96. The Balaban J connectivity index is 2.31. The fourth-order valence-electron chi connectivity index (χ4n) is 2.17. The molecule has 1 N–H and O–H groups in total. The molecule has 114 valence electrons. The number of aliphatic hydroxyl groups excluding tert-OH is 1. The summed E-state index contributed by atoms with van der Waals surface area (Å²) in [5, 5.41) is 9.72. The molecule has 0 atom stereocenters. The van der Waals surface area contributed by atoms with Crippen LogP contribution in [0.15, 0.2) is 34.6 Å². The highest BCUT2D eigenvalue weighted by Gasteiger charge is 2.52. The van der Waals surface area contributed by atoms with E-state index in [0.29, 0.717) is 0 Å². The molecule has 1 aromatic rings. The van der Waals surface area contributed by atoms with Gasteiger partial charge in [-0.05, 0) is 51.1 Å². The van der Waals surface area contributed by atoms with E-state index in [0.717, 1.165) is 11.0 Å². The first-order chi connectivity index (χ1) is 9.80. The Kier molecular flexibility index (Phi) is 4.88. The highest BCUT2D eigenvalue weighted by molar-refractivity contribution is 7.98. The third-order valence-corrected chi connectivity index (χ3v) is 5.03. The van der Waals surface area contributed by atoms with Crippen molar-refractivity contribution in [2.45, 2.75) is 43.8 Å². The van der Waals surface area contributed by atoms with Crippen molar-refractivity contribution in [3.63, 3.8) is 0 Å². The molecule has 1 aliphatic rings. The van der Waals surface area contributed by atoms with Gasteiger partial charge < -0.3 is 14.4 Å². The molecule has 0 unspecified atom stereocenters. The van der Waals surface area contributed by atoms with Gasteiger partial charge in [-0.2, -0.15) is 0 Å². The summed E-state index contributed by atoms with van der Waals surface area (Å²) in [4.78, 5) is 1.17. The summed E-state index contributed by atoms with van der Waals surface area (Å²) in [5.74, 6) is 0. The van der Waals surface area contributed by atoms with E-state index in [1.165, 1.54) is 4.90 Å². The van der Waals surface area contributed by atoms with Gasteiger partial charge in [0.25, 0.3) is 0 Å². The van der Waals surface area contributed by atoms with Gasteiger partial charge in [-0.3, -0.25) is 0 Å². The fraction of sp³-hybridized carbons (Fsp3) is 0.500. The van der Waals surface area contributed by atoms with Crippen molar-refractivity contribution in [2.75, 3.05) is 12.9 Å². The van der Waals surface area contributed by atoms with Gasteiger partial charge >= 0.3 is 7.12 Å². The molecule has 5 heteroatoms. The summed E-state index contributed by atoms with van der Waals surface area (Å²) in [7, 11) is -0.505. The van der Waals surface area contributed by atoms with Crippen LogP contribution in [-0.2, 0) is 9.31 Å². The molecule has 1 aliphatic heterocycles. The zero-order valence-corrected chi connectivity index (χ0v) is 14.2. The van der Waals surface area contributed by atoms with E-state index >= 15 is 0 Å². The minimum absolute atomic E-state index is 0.0838. The molecule has 1 heterocycles. The second kappa shape index (κ2) is 6.17. The summed E-state index contributed by atoms with van der Waals surface area (Å²) >= 11 is 1.68. The molecule has 0 aromatic heterocycles. The number of rotatable bonds is 4. The number of benzene rings is 1. The van der Waals surface area contributed by atoms with Gasteiger partial charge in [-0.25, -0.2) is 0 Å². The van der Waals surface area contributed by atoms with Crippen LogP contribution in [-0.4, -0.2) is 36.3 Å². The molecule has 2 rings (SSSR count). The maximum Gasteiger partial charge on any atom is 0.492 e. The highest BCUT2D eigenvalue weighted by atomic mass is 32.2. The predicted octanol–water partition coefficient (Wildman–Crippen LogP) is 3.42. The monoisotopic (exact) mass is 306 g/mol. The SMILES string of the molecule is CSc1ccccc1C=C(CO)B1OC(C)(C)C(C)(C)O1. The van der Waals surface area contributed by atoms with Crippen molar-refractivity contribution in [3.05, 3.63) is 35.3 Å². The number of aliphatic hydroxyl groups is 1. The first kappa shape index (κ1) is 16.6. The molecule has 0 bridgehead atoms. The smallest absolute Gasteiger partial charge is 0.400 e. The van der Waals surface area contributed by atoms with Crippen LogP contribution in [0.1, 0.15) is 33.3 Å². The van der Waals surface area contributed by atoms with Crippen molar-refractivity contribution in [1.82, 2.24) is 0 Å². The van der Waals surface area contributed by atoms with Gasteiger partial charge in [-0.1, -0.05) is 24.3 Å². The van der Waals surface area contributed by atoms with Crippen molar-refractivity contribution in [3.8, 4) is 0 Å². The molecule has 0 saturated carbocycles. The summed E-state index contributed by atoms with van der Waals surface area (Å²) in [6, 6.07) is 8.10. The molecule has 0 amide bonds. The normalized spacial score (nSPS) is 20.9. The van der Waals surface area contributed by atoms with Crippen LogP contribution in [0.5, 0.6) is 0 Å². The zero-order valence-electron chi connectivity index (χ0n) is 13.3.